The Balaban J connectivity index is 2.55. The summed E-state index contributed by atoms with van der Waals surface area (Å²) in [5.41, 5.74) is 2.28. The maximum Gasteiger partial charge on any atom is 0.337 e. The highest BCUT2D eigenvalue weighted by Gasteiger charge is 2.22. The summed E-state index contributed by atoms with van der Waals surface area (Å²) < 4.78 is 5.06. The van der Waals surface area contributed by atoms with Gasteiger partial charge in [0.2, 0.25) is 0 Å². The number of methoxy groups -OCH3 is 1. The number of hydrogen-bond donors (Lipinski definition) is 1. The van der Waals surface area contributed by atoms with E-state index in [4.69, 9.17) is 16.3 Å². The second-order valence-electron chi connectivity index (χ2n) is 4.05. The summed E-state index contributed by atoms with van der Waals surface area (Å²) in [5.74, 6) is -1.02. The average Bonchev–Trinajstić information content (AvgIpc) is 2.40. The molecule has 0 radical (unpaired) electrons. The Morgan fingerprint density at radius 1 is 1.21 bits per heavy atom. The van der Waals surface area contributed by atoms with Crippen LogP contribution in [0.5, 0.6) is 0 Å². The molecule has 98 valence electrons. The number of benzene rings is 2. The van der Waals surface area contributed by atoms with E-state index in [-0.39, 0.29) is 0 Å². The van der Waals surface area contributed by atoms with Crippen LogP contribution in [-0.2, 0) is 9.53 Å². The molecule has 2 aromatic rings. The van der Waals surface area contributed by atoms with Crippen molar-refractivity contribution in [1.29, 1.82) is 0 Å². The maximum absolute atomic E-state index is 11.2. The van der Waals surface area contributed by atoms with E-state index >= 15 is 0 Å². The molecule has 0 heterocycles. The second kappa shape index (κ2) is 5.87. The molecule has 2 aromatic carbocycles. The lowest BCUT2D eigenvalue weighted by Gasteiger charge is -2.15. The smallest absolute Gasteiger partial charge is 0.337 e. The molecular weight excluding hydrogens is 264 g/mol. The Labute approximate surface area is 116 Å². The Hall–Kier alpha value is -1.84. The number of ether oxygens (including phenoxy) is 1. The lowest BCUT2D eigenvalue weighted by Crippen LogP contribution is -2.14. The van der Waals surface area contributed by atoms with Gasteiger partial charge in [0.05, 0.1) is 0 Å². The summed E-state index contributed by atoms with van der Waals surface area (Å²) in [6.45, 7) is 0. The largest absolute Gasteiger partial charge is 0.479 e. The summed E-state index contributed by atoms with van der Waals surface area (Å²) in [6, 6.07) is 14.5. The summed E-state index contributed by atoms with van der Waals surface area (Å²) >= 11 is 5.98. The molecule has 1 atom stereocenters. The average molecular weight is 277 g/mol. The Kier molecular flexibility index (Phi) is 4.20. The SMILES string of the molecule is COC(C(=O)O)c1ccccc1-c1cccc(Cl)c1. The fourth-order valence-electron chi connectivity index (χ4n) is 2.01. The fourth-order valence-corrected chi connectivity index (χ4v) is 2.20. The van der Waals surface area contributed by atoms with Crippen LogP contribution in [0.25, 0.3) is 11.1 Å². The van der Waals surface area contributed by atoms with Crippen molar-refractivity contribution in [2.24, 2.45) is 0 Å². The first-order valence-electron chi connectivity index (χ1n) is 5.74. The van der Waals surface area contributed by atoms with Gasteiger partial charge >= 0.3 is 5.97 Å². The molecule has 3 nitrogen and oxygen atoms in total. The van der Waals surface area contributed by atoms with Crippen LogP contribution in [0.1, 0.15) is 11.7 Å². The maximum atomic E-state index is 11.2. The lowest BCUT2D eigenvalue weighted by molar-refractivity contribution is -0.148. The third kappa shape index (κ3) is 2.95. The molecule has 0 aliphatic heterocycles. The molecule has 1 unspecified atom stereocenters. The van der Waals surface area contributed by atoms with E-state index in [2.05, 4.69) is 0 Å². The van der Waals surface area contributed by atoms with Gasteiger partial charge in [0.15, 0.2) is 6.10 Å². The van der Waals surface area contributed by atoms with E-state index in [1.54, 1.807) is 24.3 Å². The van der Waals surface area contributed by atoms with Crippen molar-refractivity contribution in [2.45, 2.75) is 6.10 Å². The first kappa shape index (κ1) is 13.6. The number of carbonyl (C=O) groups is 1. The van der Waals surface area contributed by atoms with Crippen LogP contribution in [0.15, 0.2) is 48.5 Å². The van der Waals surface area contributed by atoms with Crippen molar-refractivity contribution in [2.75, 3.05) is 7.11 Å². The Bertz CT molecular complexity index is 595. The van der Waals surface area contributed by atoms with Crippen LogP contribution in [0.4, 0.5) is 0 Å². The number of hydrogen-bond acceptors (Lipinski definition) is 2. The number of halogens is 1. The number of aliphatic carboxylic acids is 1. The normalized spacial score (nSPS) is 12.1. The first-order valence-corrected chi connectivity index (χ1v) is 6.11. The molecule has 0 bridgehead atoms. The number of carboxylic acids is 1. The molecular formula is C15H13ClO3. The zero-order valence-corrected chi connectivity index (χ0v) is 11.1. The lowest BCUT2D eigenvalue weighted by atomic mass is 9.96. The predicted molar refractivity (Wildman–Crippen MR) is 74.3 cm³/mol. The zero-order chi connectivity index (χ0) is 13.8. The molecule has 0 aliphatic carbocycles. The van der Waals surface area contributed by atoms with Crippen molar-refractivity contribution in [3.05, 3.63) is 59.1 Å². The highest BCUT2D eigenvalue weighted by molar-refractivity contribution is 6.30. The van der Waals surface area contributed by atoms with Crippen molar-refractivity contribution in [3.63, 3.8) is 0 Å². The van der Waals surface area contributed by atoms with E-state index in [1.165, 1.54) is 7.11 Å². The Morgan fingerprint density at radius 2 is 1.95 bits per heavy atom. The van der Waals surface area contributed by atoms with E-state index in [0.29, 0.717) is 10.6 Å². The molecule has 0 aromatic heterocycles. The predicted octanol–water partition coefficient (Wildman–Crippen LogP) is 3.78. The van der Waals surface area contributed by atoms with E-state index in [1.807, 2.05) is 24.3 Å². The highest BCUT2D eigenvalue weighted by Crippen LogP contribution is 2.31. The van der Waals surface area contributed by atoms with Crippen LogP contribution in [-0.4, -0.2) is 18.2 Å². The molecule has 0 amide bonds. The molecule has 0 aliphatic rings. The van der Waals surface area contributed by atoms with Gasteiger partial charge in [0.1, 0.15) is 0 Å². The van der Waals surface area contributed by atoms with Gasteiger partial charge in [0, 0.05) is 12.1 Å². The minimum Gasteiger partial charge on any atom is -0.479 e. The van der Waals surface area contributed by atoms with Crippen LogP contribution in [0.3, 0.4) is 0 Å². The summed E-state index contributed by atoms with van der Waals surface area (Å²) in [6.07, 6.45) is -0.991. The minimum absolute atomic E-state index is 0.608. The summed E-state index contributed by atoms with van der Waals surface area (Å²) in [5, 5.41) is 9.81. The van der Waals surface area contributed by atoms with Gasteiger partial charge in [0.25, 0.3) is 0 Å². The topological polar surface area (TPSA) is 46.5 Å². The fraction of sp³-hybridized carbons (Fsp3) is 0.133. The molecule has 19 heavy (non-hydrogen) atoms. The van der Waals surface area contributed by atoms with Gasteiger partial charge < -0.3 is 9.84 Å². The first-order chi connectivity index (χ1) is 9.13. The second-order valence-corrected chi connectivity index (χ2v) is 4.49. The quantitative estimate of drug-likeness (QED) is 0.924. The van der Waals surface area contributed by atoms with Crippen molar-refractivity contribution >= 4 is 17.6 Å². The third-order valence-electron chi connectivity index (χ3n) is 2.84. The van der Waals surface area contributed by atoms with Crippen LogP contribution < -0.4 is 0 Å². The van der Waals surface area contributed by atoms with Crippen molar-refractivity contribution < 1.29 is 14.6 Å². The van der Waals surface area contributed by atoms with Gasteiger partial charge in [-0.15, -0.1) is 0 Å². The van der Waals surface area contributed by atoms with Crippen molar-refractivity contribution in [3.8, 4) is 11.1 Å². The molecule has 0 fully saturated rings. The van der Waals surface area contributed by atoms with Gasteiger partial charge in [-0.1, -0.05) is 48.0 Å². The minimum atomic E-state index is -1.02. The molecule has 1 N–H and O–H groups in total. The van der Waals surface area contributed by atoms with Crippen LogP contribution in [0, 0.1) is 0 Å². The van der Waals surface area contributed by atoms with Gasteiger partial charge in [-0.05, 0) is 28.8 Å². The van der Waals surface area contributed by atoms with E-state index in [0.717, 1.165) is 11.1 Å². The number of carboxylic acid groups (broad SMARTS) is 1. The molecule has 0 saturated heterocycles. The monoisotopic (exact) mass is 276 g/mol. The molecule has 0 spiro atoms. The summed E-state index contributed by atoms with van der Waals surface area (Å²) in [7, 11) is 1.38. The van der Waals surface area contributed by atoms with Crippen molar-refractivity contribution in [1.82, 2.24) is 0 Å². The Morgan fingerprint density at radius 3 is 2.58 bits per heavy atom. The highest BCUT2D eigenvalue weighted by atomic mass is 35.5. The van der Waals surface area contributed by atoms with Crippen LogP contribution >= 0.6 is 11.6 Å². The van der Waals surface area contributed by atoms with Gasteiger partial charge in [-0.25, -0.2) is 4.79 Å². The van der Waals surface area contributed by atoms with Crippen LogP contribution in [0.2, 0.25) is 5.02 Å². The van der Waals surface area contributed by atoms with Gasteiger partial charge in [-0.3, -0.25) is 0 Å². The standard InChI is InChI=1S/C15H13ClO3/c1-19-14(15(17)18)13-8-3-2-7-12(13)10-5-4-6-11(16)9-10/h2-9,14H,1H3,(H,17,18). The number of rotatable bonds is 4. The zero-order valence-electron chi connectivity index (χ0n) is 10.3. The molecule has 4 heteroatoms. The van der Waals surface area contributed by atoms with E-state index in [9.17, 15) is 9.90 Å². The van der Waals surface area contributed by atoms with Gasteiger partial charge in [-0.2, -0.15) is 0 Å². The van der Waals surface area contributed by atoms with E-state index < -0.39 is 12.1 Å². The molecule has 0 saturated carbocycles. The third-order valence-corrected chi connectivity index (χ3v) is 3.07. The molecule has 2 rings (SSSR count). The summed E-state index contributed by atoms with van der Waals surface area (Å²) in [4.78, 5) is 11.2.